The third kappa shape index (κ3) is 3.41. The largest absolute Gasteiger partial charge is 0.358 e. The van der Waals surface area contributed by atoms with Gasteiger partial charge < -0.3 is 4.90 Å². The predicted molar refractivity (Wildman–Crippen MR) is 85.9 cm³/mol. The summed E-state index contributed by atoms with van der Waals surface area (Å²) >= 11 is 1.80. The Labute approximate surface area is 130 Å². The smallest absolute Gasteiger partial charge is 0.274 e. The van der Waals surface area contributed by atoms with Crippen LogP contribution in [0.1, 0.15) is 49.7 Å². The van der Waals surface area contributed by atoms with Crippen LogP contribution in [0.25, 0.3) is 0 Å². The Morgan fingerprint density at radius 2 is 1.95 bits per heavy atom. The van der Waals surface area contributed by atoms with Crippen LogP contribution in [-0.2, 0) is 0 Å². The molecule has 0 aromatic heterocycles. The number of rotatable bonds is 3. The van der Waals surface area contributed by atoms with Gasteiger partial charge in [0.15, 0.2) is 0 Å². The molecule has 0 saturated heterocycles. The van der Waals surface area contributed by atoms with E-state index >= 15 is 0 Å². The summed E-state index contributed by atoms with van der Waals surface area (Å²) in [5.41, 5.74) is 3.33. The third-order valence-corrected chi connectivity index (χ3v) is 4.55. The van der Waals surface area contributed by atoms with Crippen molar-refractivity contribution >= 4 is 17.7 Å². The normalized spacial score (nSPS) is 19.7. The first-order valence-electron chi connectivity index (χ1n) is 6.98. The van der Waals surface area contributed by atoms with E-state index in [1.807, 2.05) is 12.1 Å². The fourth-order valence-corrected chi connectivity index (χ4v) is 3.48. The van der Waals surface area contributed by atoms with Crippen LogP contribution in [0.2, 0.25) is 0 Å². The number of nitrogens with one attached hydrogen (secondary N) is 1. The van der Waals surface area contributed by atoms with Crippen LogP contribution in [0.4, 0.5) is 0 Å². The molecule has 0 saturated carbocycles. The average Bonchev–Trinajstić information content (AvgIpc) is 2.83. The summed E-state index contributed by atoms with van der Waals surface area (Å²) in [6.45, 7) is 8.84. The lowest BCUT2D eigenvalue weighted by atomic mass is 9.81. The molecule has 1 aromatic rings. The number of nitrogens with zero attached hydrogens (tertiary/aromatic N) is 1. The molecule has 1 aliphatic rings. The SMILES string of the molecule is CC1SC=CN1C(c1ccc(C(=O)NO)cc1)C(C)(C)C. The van der Waals surface area contributed by atoms with Crippen LogP contribution in [0.3, 0.4) is 0 Å². The fraction of sp³-hybridized carbons (Fsp3) is 0.438. The highest BCUT2D eigenvalue weighted by molar-refractivity contribution is 8.02. The summed E-state index contributed by atoms with van der Waals surface area (Å²) in [6, 6.07) is 7.65. The first kappa shape index (κ1) is 15.9. The van der Waals surface area contributed by atoms with E-state index in [1.165, 1.54) is 0 Å². The maximum atomic E-state index is 11.4. The van der Waals surface area contributed by atoms with E-state index in [2.05, 4.69) is 44.2 Å². The van der Waals surface area contributed by atoms with Gasteiger partial charge in [0.1, 0.15) is 0 Å². The molecule has 4 nitrogen and oxygen atoms in total. The zero-order chi connectivity index (χ0) is 15.6. The van der Waals surface area contributed by atoms with Crippen LogP contribution in [0.15, 0.2) is 35.9 Å². The van der Waals surface area contributed by atoms with Gasteiger partial charge in [-0.25, -0.2) is 5.48 Å². The molecular formula is C16H22N2O2S. The summed E-state index contributed by atoms with van der Waals surface area (Å²) in [5, 5.41) is 11.2. The number of hydrogen-bond acceptors (Lipinski definition) is 4. The molecule has 0 aliphatic carbocycles. The van der Waals surface area contributed by atoms with E-state index in [0.717, 1.165) is 5.56 Å². The predicted octanol–water partition coefficient (Wildman–Crippen LogP) is 3.76. The van der Waals surface area contributed by atoms with Gasteiger partial charge in [-0.05, 0) is 35.4 Å². The van der Waals surface area contributed by atoms with Crippen molar-refractivity contribution in [2.24, 2.45) is 5.41 Å². The van der Waals surface area contributed by atoms with Crippen molar-refractivity contribution in [1.82, 2.24) is 10.4 Å². The van der Waals surface area contributed by atoms with Crippen molar-refractivity contribution in [3.63, 3.8) is 0 Å². The minimum atomic E-state index is -0.487. The molecule has 2 unspecified atom stereocenters. The molecule has 0 bridgehead atoms. The zero-order valence-corrected chi connectivity index (χ0v) is 13.6. The summed E-state index contributed by atoms with van der Waals surface area (Å²) in [7, 11) is 0. The summed E-state index contributed by atoms with van der Waals surface area (Å²) in [6.07, 6.45) is 2.14. The Kier molecular flexibility index (Phi) is 4.64. The van der Waals surface area contributed by atoms with Crippen molar-refractivity contribution in [2.75, 3.05) is 0 Å². The minimum Gasteiger partial charge on any atom is -0.358 e. The molecule has 5 heteroatoms. The molecule has 2 rings (SSSR count). The Morgan fingerprint density at radius 1 is 1.33 bits per heavy atom. The van der Waals surface area contributed by atoms with Crippen LogP contribution >= 0.6 is 11.8 Å². The van der Waals surface area contributed by atoms with Gasteiger partial charge in [-0.15, -0.1) is 11.8 Å². The van der Waals surface area contributed by atoms with Crippen molar-refractivity contribution in [1.29, 1.82) is 0 Å². The topological polar surface area (TPSA) is 52.6 Å². The second kappa shape index (κ2) is 6.12. The highest BCUT2D eigenvalue weighted by Gasteiger charge is 2.34. The van der Waals surface area contributed by atoms with Gasteiger partial charge in [0.05, 0.1) is 11.4 Å². The van der Waals surface area contributed by atoms with E-state index in [9.17, 15) is 4.79 Å². The number of benzene rings is 1. The lowest BCUT2D eigenvalue weighted by Gasteiger charge is -2.41. The third-order valence-electron chi connectivity index (χ3n) is 3.64. The quantitative estimate of drug-likeness (QED) is 0.659. The van der Waals surface area contributed by atoms with E-state index in [4.69, 9.17) is 5.21 Å². The molecular weight excluding hydrogens is 284 g/mol. The molecule has 0 spiro atoms. The standard InChI is InChI=1S/C16H22N2O2S/c1-11-18(9-10-21-11)14(16(2,3)4)12-5-7-13(8-6-12)15(19)17-20/h5-11,14,20H,1-4H3,(H,17,19). The number of thioether (sulfide) groups is 1. The Bertz CT molecular complexity index is 534. The first-order chi connectivity index (χ1) is 9.84. The lowest BCUT2D eigenvalue weighted by molar-refractivity contribution is 0.0706. The van der Waals surface area contributed by atoms with E-state index in [0.29, 0.717) is 10.9 Å². The highest BCUT2D eigenvalue weighted by Crippen LogP contribution is 2.43. The summed E-state index contributed by atoms with van der Waals surface area (Å²) in [4.78, 5) is 13.8. The van der Waals surface area contributed by atoms with Gasteiger partial charge in [-0.2, -0.15) is 0 Å². The molecule has 114 valence electrons. The fourth-order valence-electron chi connectivity index (χ4n) is 2.71. The molecule has 21 heavy (non-hydrogen) atoms. The second-order valence-corrected chi connectivity index (χ2v) is 7.53. The van der Waals surface area contributed by atoms with Gasteiger partial charge in [-0.1, -0.05) is 32.9 Å². The molecule has 1 aromatic carbocycles. The Hall–Kier alpha value is -1.46. The maximum absolute atomic E-state index is 11.4. The van der Waals surface area contributed by atoms with E-state index in [1.54, 1.807) is 29.4 Å². The number of carbonyl (C=O) groups is 1. The van der Waals surface area contributed by atoms with Crippen LogP contribution < -0.4 is 5.48 Å². The van der Waals surface area contributed by atoms with Crippen molar-refractivity contribution in [3.05, 3.63) is 47.0 Å². The second-order valence-electron chi connectivity index (χ2n) is 6.30. The average molecular weight is 306 g/mol. The number of hydrogen-bond donors (Lipinski definition) is 2. The van der Waals surface area contributed by atoms with Crippen LogP contribution in [0, 0.1) is 5.41 Å². The molecule has 2 atom stereocenters. The molecule has 1 amide bonds. The van der Waals surface area contributed by atoms with Crippen molar-refractivity contribution in [2.45, 2.75) is 39.1 Å². The molecule has 1 heterocycles. The number of amides is 1. The molecule has 0 radical (unpaired) electrons. The number of carbonyl (C=O) groups excluding carboxylic acids is 1. The maximum Gasteiger partial charge on any atom is 0.274 e. The monoisotopic (exact) mass is 306 g/mol. The van der Waals surface area contributed by atoms with E-state index < -0.39 is 5.91 Å². The first-order valence-corrected chi connectivity index (χ1v) is 7.93. The van der Waals surface area contributed by atoms with Gasteiger partial charge in [0, 0.05) is 11.8 Å². The van der Waals surface area contributed by atoms with Crippen molar-refractivity contribution in [3.8, 4) is 0 Å². The Morgan fingerprint density at radius 3 is 2.38 bits per heavy atom. The van der Waals surface area contributed by atoms with Gasteiger partial charge >= 0.3 is 0 Å². The minimum absolute atomic E-state index is 0.0598. The Balaban J connectivity index is 2.34. The summed E-state index contributed by atoms with van der Waals surface area (Å²) in [5.74, 6) is -0.487. The van der Waals surface area contributed by atoms with Gasteiger partial charge in [-0.3, -0.25) is 10.0 Å². The van der Waals surface area contributed by atoms with E-state index in [-0.39, 0.29) is 11.5 Å². The lowest BCUT2D eigenvalue weighted by Crippen LogP contribution is -2.35. The van der Waals surface area contributed by atoms with Gasteiger partial charge in [0.25, 0.3) is 5.91 Å². The van der Waals surface area contributed by atoms with Crippen LogP contribution in [-0.4, -0.2) is 21.4 Å². The molecule has 2 N–H and O–H groups in total. The zero-order valence-electron chi connectivity index (χ0n) is 12.8. The summed E-state index contributed by atoms with van der Waals surface area (Å²) < 4.78 is 0. The molecule has 1 aliphatic heterocycles. The molecule has 0 fully saturated rings. The van der Waals surface area contributed by atoms with Gasteiger partial charge in [0.2, 0.25) is 0 Å². The number of hydroxylamine groups is 1. The van der Waals surface area contributed by atoms with Crippen LogP contribution in [0.5, 0.6) is 0 Å². The highest BCUT2D eigenvalue weighted by atomic mass is 32.2. The van der Waals surface area contributed by atoms with Crippen molar-refractivity contribution < 1.29 is 10.0 Å².